The van der Waals surface area contributed by atoms with Gasteiger partial charge in [0.25, 0.3) is 0 Å². The number of benzene rings is 1. The van der Waals surface area contributed by atoms with Crippen molar-refractivity contribution in [2.45, 2.75) is 38.6 Å². The smallest absolute Gasteiger partial charge is 0.0314 e. The second-order valence-corrected chi connectivity index (χ2v) is 7.93. The zero-order valence-corrected chi connectivity index (χ0v) is 14.8. The minimum absolute atomic E-state index is 0.668. The molecular weight excluding hydrogens is 342 g/mol. The summed E-state index contributed by atoms with van der Waals surface area (Å²) >= 11 is 5.54. The Bertz CT molecular complexity index is 588. The van der Waals surface area contributed by atoms with Gasteiger partial charge in [-0.1, -0.05) is 24.3 Å². The first-order valence-corrected chi connectivity index (χ1v) is 9.39. The van der Waals surface area contributed by atoms with Gasteiger partial charge in [-0.2, -0.15) is 0 Å². The summed E-state index contributed by atoms with van der Waals surface area (Å²) in [5.41, 5.74) is 2.91. The van der Waals surface area contributed by atoms with E-state index in [1.54, 1.807) is 0 Å². The molecule has 1 heterocycles. The summed E-state index contributed by atoms with van der Waals surface area (Å²) in [5.74, 6) is 0.668. The van der Waals surface area contributed by atoms with Crippen LogP contribution in [0.1, 0.15) is 28.8 Å². The maximum Gasteiger partial charge on any atom is 0.0314 e. The molecule has 0 aliphatic heterocycles. The minimum atomic E-state index is 0.668. The topological polar surface area (TPSA) is 12.0 Å². The highest BCUT2D eigenvalue weighted by molar-refractivity contribution is 9.10. The van der Waals surface area contributed by atoms with Gasteiger partial charge >= 0.3 is 0 Å². The van der Waals surface area contributed by atoms with Crippen LogP contribution in [0.25, 0.3) is 0 Å². The van der Waals surface area contributed by atoms with Crippen LogP contribution in [0.2, 0.25) is 0 Å². The molecule has 1 aromatic heterocycles. The van der Waals surface area contributed by atoms with E-state index in [1.807, 2.05) is 11.3 Å². The molecule has 1 fully saturated rings. The van der Waals surface area contributed by atoms with Gasteiger partial charge in [-0.25, -0.2) is 0 Å². The molecule has 21 heavy (non-hydrogen) atoms. The van der Waals surface area contributed by atoms with Gasteiger partial charge in [-0.05, 0) is 83.6 Å². The Morgan fingerprint density at radius 2 is 2.05 bits per heavy atom. The van der Waals surface area contributed by atoms with Crippen LogP contribution in [-0.2, 0) is 12.8 Å². The zero-order chi connectivity index (χ0) is 14.7. The van der Waals surface area contributed by atoms with E-state index >= 15 is 0 Å². The Morgan fingerprint density at radius 3 is 2.71 bits per heavy atom. The van der Waals surface area contributed by atoms with Gasteiger partial charge in [0.05, 0.1) is 0 Å². The number of rotatable bonds is 7. The fraction of sp³-hybridized carbons (Fsp3) is 0.444. The Balaban J connectivity index is 1.68. The quantitative estimate of drug-likeness (QED) is 0.731. The van der Waals surface area contributed by atoms with Gasteiger partial charge in [0, 0.05) is 15.4 Å². The molecule has 0 bridgehead atoms. The average molecular weight is 364 g/mol. The number of nitrogens with one attached hydrogen (secondary N) is 1. The lowest BCUT2D eigenvalue weighted by Gasteiger charge is -2.18. The van der Waals surface area contributed by atoms with Crippen molar-refractivity contribution in [2.75, 3.05) is 6.54 Å². The van der Waals surface area contributed by atoms with Crippen molar-refractivity contribution in [3.63, 3.8) is 0 Å². The summed E-state index contributed by atoms with van der Waals surface area (Å²) in [5, 5.41) is 5.90. The molecule has 1 nitrogen and oxygen atoms in total. The lowest BCUT2D eigenvalue weighted by Crippen LogP contribution is -2.27. The van der Waals surface area contributed by atoms with Gasteiger partial charge in [0.1, 0.15) is 0 Å². The molecule has 1 saturated carbocycles. The molecule has 1 N–H and O–H groups in total. The highest BCUT2D eigenvalue weighted by Crippen LogP contribution is 2.28. The summed E-state index contributed by atoms with van der Waals surface area (Å²) in [6, 6.07) is 11.8. The summed E-state index contributed by atoms with van der Waals surface area (Å²) in [6.45, 7) is 3.35. The van der Waals surface area contributed by atoms with E-state index in [-0.39, 0.29) is 0 Å². The molecule has 1 unspecified atom stereocenters. The van der Waals surface area contributed by atoms with Crippen molar-refractivity contribution in [1.29, 1.82) is 0 Å². The fourth-order valence-electron chi connectivity index (χ4n) is 2.72. The number of aryl methyl sites for hydroxylation is 1. The molecule has 1 aliphatic rings. The van der Waals surface area contributed by atoms with E-state index in [0.717, 1.165) is 25.4 Å². The van der Waals surface area contributed by atoms with Crippen LogP contribution in [0.4, 0.5) is 0 Å². The lowest BCUT2D eigenvalue weighted by atomic mass is 9.93. The standard InChI is InChI=1S/C18H22BrNS/c1-13-4-2-3-5-15(13)10-14(12-20-16-6-7-16)11-18-17(19)8-9-21-18/h2-5,8-9,14,16,20H,6-7,10-12H2,1H3. The van der Waals surface area contributed by atoms with E-state index in [2.05, 4.69) is 63.9 Å². The van der Waals surface area contributed by atoms with Crippen molar-refractivity contribution < 1.29 is 0 Å². The molecule has 0 amide bonds. The van der Waals surface area contributed by atoms with Crippen LogP contribution in [-0.4, -0.2) is 12.6 Å². The van der Waals surface area contributed by atoms with Crippen LogP contribution in [0, 0.1) is 12.8 Å². The molecule has 3 heteroatoms. The monoisotopic (exact) mass is 363 g/mol. The number of thiophene rings is 1. The van der Waals surface area contributed by atoms with Crippen LogP contribution in [0.5, 0.6) is 0 Å². The SMILES string of the molecule is Cc1ccccc1CC(CNC1CC1)Cc1sccc1Br. The Morgan fingerprint density at radius 1 is 1.24 bits per heavy atom. The maximum atomic E-state index is 3.72. The second kappa shape index (κ2) is 7.08. The summed E-state index contributed by atoms with van der Waals surface area (Å²) in [7, 11) is 0. The van der Waals surface area contributed by atoms with E-state index in [1.165, 1.54) is 33.3 Å². The molecule has 0 spiro atoms. The average Bonchev–Trinajstić information content (AvgIpc) is 3.22. The molecule has 2 aromatic rings. The third-order valence-corrected chi connectivity index (χ3v) is 6.16. The summed E-state index contributed by atoms with van der Waals surface area (Å²) in [6.07, 6.45) is 5.04. The van der Waals surface area contributed by atoms with Gasteiger partial charge in [-0.15, -0.1) is 11.3 Å². The van der Waals surface area contributed by atoms with E-state index < -0.39 is 0 Å². The largest absolute Gasteiger partial charge is 0.314 e. The van der Waals surface area contributed by atoms with Gasteiger partial charge in [-0.3, -0.25) is 0 Å². The molecule has 112 valence electrons. The van der Waals surface area contributed by atoms with E-state index in [4.69, 9.17) is 0 Å². The predicted molar refractivity (Wildman–Crippen MR) is 95.1 cm³/mol. The Labute approximate surface area is 139 Å². The van der Waals surface area contributed by atoms with Crippen molar-refractivity contribution in [2.24, 2.45) is 5.92 Å². The van der Waals surface area contributed by atoms with Crippen molar-refractivity contribution in [3.8, 4) is 0 Å². The summed E-state index contributed by atoms with van der Waals surface area (Å²) in [4.78, 5) is 1.48. The normalized spacial score (nSPS) is 16.1. The summed E-state index contributed by atoms with van der Waals surface area (Å²) < 4.78 is 1.27. The van der Waals surface area contributed by atoms with Gasteiger partial charge in [0.15, 0.2) is 0 Å². The van der Waals surface area contributed by atoms with Crippen molar-refractivity contribution >= 4 is 27.3 Å². The zero-order valence-electron chi connectivity index (χ0n) is 12.4. The van der Waals surface area contributed by atoms with E-state index in [9.17, 15) is 0 Å². The van der Waals surface area contributed by atoms with Crippen LogP contribution in [0.15, 0.2) is 40.2 Å². The van der Waals surface area contributed by atoms with Gasteiger partial charge < -0.3 is 5.32 Å². The Kier molecular flexibility index (Phi) is 5.15. The number of hydrogen-bond donors (Lipinski definition) is 1. The molecular formula is C18H22BrNS. The predicted octanol–water partition coefficient (Wildman–Crippen LogP) is 4.97. The molecule has 1 aliphatic carbocycles. The van der Waals surface area contributed by atoms with Crippen LogP contribution >= 0.6 is 27.3 Å². The Hall–Kier alpha value is -0.640. The van der Waals surface area contributed by atoms with Crippen molar-refractivity contribution in [1.82, 2.24) is 5.32 Å². The minimum Gasteiger partial charge on any atom is -0.314 e. The molecule has 1 atom stereocenters. The highest BCUT2D eigenvalue weighted by Gasteiger charge is 2.22. The van der Waals surface area contributed by atoms with Crippen LogP contribution < -0.4 is 5.32 Å². The van der Waals surface area contributed by atoms with Gasteiger partial charge in [0.2, 0.25) is 0 Å². The number of hydrogen-bond acceptors (Lipinski definition) is 2. The van der Waals surface area contributed by atoms with Crippen LogP contribution in [0.3, 0.4) is 0 Å². The molecule has 1 aromatic carbocycles. The molecule has 0 saturated heterocycles. The number of halogens is 1. The first-order chi connectivity index (χ1) is 10.2. The molecule has 0 radical (unpaired) electrons. The lowest BCUT2D eigenvalue weighted by molar-refractivity contribution is 0.470. The highest BCUT2D eigenvalue weighted by atomic mass is 79.9. The first kappa shape index (κ1) is 15.3. The third-order valence-electron chi connectivity index (χ3n) is 4.21. The first-order valence-electron chi connectivity index (χ1n) is 7.72. The third kappa shape index (κ3) is 4.41. The fourth-order valence-corrected chi connectivity index (χ4v) is 4.35. The molecule has 3 rings (SSSR count). The van der Waals surface area contributed by atoms with Crippen molar-refractivity contribution in [3.05, 3.63) is 56.2 Å². The van der Waals surface area contributed by atoms with E-state index in [0.29, 0.717) is 5.92 Å². The maximum absolute atomic E-state index is 3.72. The second-order valence-electron chi connectivity index (χ2n) is 6.07.